The summed E-state index contributed by atoms with van der Waals surface area (Å²) in [4.78, 5) is 35.7. The number of likely N-dealkylation sites (tertiary alicyclic amines) is 1. The van der Waals surface area contributed by atoms with E-state index in [2.05, 4.69) is 20.4 Å². The van der Waals surface area contributed by atoms with Gasteiger partial charge in [-0.3, -0.25) is 9.59 Å². The van der Waals surface area contributed by atoms with Crippen LogP contribution in [0.2, 0.25) is 5.02 Å². The Kier molecular flexibility index (Phi) is 7.79. The summed E-state index contributed by atoms with van der Waals surface area (Å²) in [7, 11) is 1.66. The van der Waals surface area contributed by atoms with Gasteiger partial charge in [0.25, 0.3) is 11.8 Å². The molecule has 0 unspecified atom stereocenters. The zero-order chi connectivity index (χ0) is 26.7. The van der Waals surface area contributed by atoms with Crippen LogP contribution in [0.3, 0.4) is 0 Å². The molecule has 1 fully saturated rings. The summed E-state index contributed by atoms with van der Waals surface area (Å²) in [5.74, 6) is -0.251. The van der Waals surface area contributed by atoms with Crippen LogP contribution < -0.4 is 5.32 Å². The van der Waals surface area contributed by atoms with E-state index in [4.69, 9.17) is 16.3 Å². The molecule has 0 aliphatic carbocycles. The quantitative estimate of drug-likeness (QED) is 0.509. The lowest BCUT2D eigenvalue weighted by molar-refractivity contribution is -0.137. The van der Waals surface area contributed by atoms with Crippen LogP contribution in [0.1, 0.15) is 57.9 Å². The van der Waals surface area contributed by atoms with E-state index in [0.717, 1.165) is 31.0 Å². The lowest BCUT2D eigenvalue weighted by atomic mass is 10.1. The summed E-state index contributed by atoms with van der Waals surface area (Å²) in [6, 6.07) is 5.13. The number of benzene rings is 1. The summed E-state index contributed by atoms with van der Waals surface area (Å²) in [5, 5.41) is 6.54. The molecule has 13 heteroatoms. The Morgan fingerprint density at radius 1 is 1.14 bits per heavy atom. The molecule has 0 radical (unpaired) electrons. The SMILES string of the molecule is COC1CCN(C(=O)c2ccc(-n3ncnc3[C@H](C)NC(=O)c3cc(Cl)cc(C(F)(F)F)c3)nc2)CC1. The van der Waals surface area contributed by atoms with Gasteiger partial charge < -0.3 is 15.0 Å². The minimum Gasteiger partial charge on any atom is -0.381 e. The smallest absolute Gasteiger partial charge is 0.381 e. The van der Waals surface area contributed by atoms with Crippen molar-refractivity contribution in [3.63, 3.8) is 0 Å². The third-order valence-electron chi connectivity index (χ3n) is 6.07. The van der Waals surface area contributed by atoms with Crippen molar-refractivity contribution in [1.82, 2.24) is 30.0 Å². The second-order valence-corrected chi connectivity index (χ2v) is 9.02. The van der Waals surface area contributed by atoms with Crippen LogP contribution in [0.4, 0.5) is 13.2 Å². The molecule has 3 aromatic rings. The predicted molar refractivity (Wildman–Crippen MR) is 127 cm³/mol. The van der Waals surface area contributed by atoms with Crippen LogP contribution in [0.15, 0.2) is 42.9 Å². The van der Waals surface area contributed by atoms with Crippen LogP contribution in [0, 0.1) is 0 Å². The van der Waals surface area contributed by atoms with Gasteiger partial charge in [0.05, 0.1) is 23.3 Å². The monoisotopic (exact) mass is 536 g/mol. The third-order valence-corrected chi connectivity index (χ3v) is 6.29. The molecule has 1 aliphatic rings. The highest BCUT2D eigenvalue weighted by Gasteiger charge is 2.32. The Morgan fingerprint density at radius 2 is 1.86 bits per heavy atom. The molecule has 1 N–H and O–H groups in total. The predicted octanol–water partition coefficient (Wildman–Crippen LogP) is 4.08. The number of carbonyl (C=O) groups is 2. The van der Waals surface area contributed by atoms with Gasteiger partial charge in [0.15, 0.2) is 11.6 Å². The molecule has 9 nitrogen and oxygen atoms in total. The van der Waals surface area contributed by atoms with E-state index >= 15 is 0 Å². The van der Waals surface area contributed by atoms with E-state index in [-0.39, 0.29) is 22.6 Å². The van der Waals surface area contributed by atoms with Crippen molar-refractivity contribution in [1.29, 1.82) is 0 Å². The fourth-order valence-corrected chi connectivity index (χ4v) is 4.30. The van der Waals surface area contributed by atoms with E-state index in [1.807, 2.05) is 0 Å². The van der Waals surface area contributed by atoms with Gasteiger partial charge in [0, 0.05) is 37.0 Å². The summed E-state index contributed by atoms with van der Waals surface area (Å²) in [5.41, 5.74) is -0.847. The molecule has 2 amide bonds. The number of hydrogen-bond acceptors (Lipinski definition) is 6. The number of hydrogen-bond donors (Lipinski definition) is 1. The van der Waals surface area contributed by atoms with Crippen molar-refractivity contribution in [2.45, 2.75) is 38.1 Å². The van der Waals surface area contributed by atoms with Crippen LogP contribution >= 0.6 is 11.6 Å². The van der Waals surface area contributed by atoms with Gasteiger partial charge >= 0.3 is 6.18 Å². The van der Waals surface area contributed by atoms with Gasteiger partial charge in [0.1, 0.15) is 6.33 Å². The Bertz CT molecular complexity index is 1270. The number of halogens is 4. The van der Waals surface area contributed by atoms with Gasteiger partial charge in [-0.1, -0.05) is 11.6 Å². The molecule has 0 spiro atoms. The summed E-state index contributed by atoms with van der Waals surface area (Å²) in [6.45, 7) is 2.80. The van der Waals surface area contributed by atoms with Crippen molar-refractivity contribution < 1.29 is 27.5 Å². The van der Waals surface area contributed by atoms with Gasteiger partial charge in [-0.05, 0) is 50.1 Å². The second-order valence-electron chi connectivity index (χ2n) is 8.58. The lowest BCUT2D eigenvalue weighted by Gasteiger charge is -2.31. The van der Waals surface area contributed by atoms with E-state index in [1.165, 1.54) is 17.2 Å². The van der Waals surface area contributed by atoms with Crippen molar-refractivity contribution in [2.24, 2.45) is 0 Å². The average Bonchev–Trinajstić information content (AvgIpc) is 3.38. The number of pyridine rings is 1. The number of carbonyl (C=O) groups excluding carboxylic acids is 2. The van der Waals surface area contributed by atoms with Crippen molar-refractivity contribution in [3.8, 4) is 5.82 Å². The first-order chi connectivity index (χ1) is 17.6. The molecular formula is C24H24ClF3N6O3. The van der Waals surface area contributed by atoms with E-state index in [9.17, 15) is 22.8 Å². The molecule has 1 aliphatic heterocycles. The molecule has 0 bridgehead atoms. The van der Waals surface area contributed by atoms with Crippen molar-refractivity contribution in [2.75, 3.05) is 20.2 Å². The highest BCUT2D eigenvalue weighted by Crippen LogP contribution is 2.32. The molecule has 0 saturated carbocycles. The number of piperidine rings is 1. The van der Waals surface area contributed by atoms with E-state index in [1.54, 1.807) is 31.1 Å². The topological polar surface area (TPSA) is 102 Å². The third kappa shape index (κ3) is 6.08. The molecule has 2 aromatic heterocycles. The number of alkyl halides is 3. The largest absolute Gasteiger partial charge is 0.416 e. The minimum absolute atomic E-state index is 0.132. The Labute approximate surface area is 215 Å². The van der Waals surface area contributed by atoms with Crippen LogP contribution in [0.5, 0.6) is 0 Å². The maximum Gasteiger partial charge on any atom is 0.416 e. The molecule has 1 saturated heterocycles. The highest BCUT2D eigenvalue weighted by atomic mass is 35.5. The van der Waals surface area contributed by atoms with Crippen LogP contribution in [-0.4, -0.2) is 62.8 Å². The Hall–Kier alpha value is -3.51. The number of aromatic nitrogens is 4. The Balaban J connectivity index is 1.46. The normalized spacial score (nSPS) is 15.5. The first kappa shape index (κ1) is 26.6. The molecule has 196 valence electrons. The first-order valence-corrected chi connectivity index (χ1v) is 11.8. The standard InChI is InChI=1S/C24H24ClF3N6O3/c1-14(32-22(35)16-9-17(24(26,27)28)11-18(25)10-16)21-30-13-31-34(21)20-4-3-15(12-29-20)23(36)33-7-5-19(37-2)6-8-33/h3-4,9-14,19H,5-8H2,1-2H3,(H,32,35)/t14-/m0/s1. The minimum atomic E-state index is -4.65. The van der Waals surface area contributed by atoms with Gasteiger partial charge in [-0.25, -0.2) is 9.97 Å². The summed E-state index contributed by atoms with van der Waals surface area (Å²) < 4.78 is 46.0. The maximum absolute atomic E-state index is 13.1. The van der Waals surface area contributed by atoms with E-state index < -0.39 is 23.7 Å². The van der Waals surface area contributed by atoms with E-state index in [0.29, 0.717) is 30.3 Å². The number of nitrogens with one attached hydrogen (secondary N) is 1. The van der Waals surface area contributed by atoms with Crippen LogP contribution in [-0.2, 0) is 10.9 Å². The number of methoxy groups -OCH3 is 1. The maximum atomic E-state index is 13.1. The molecule has 4 rings (SSSR count). The zero-order valence-corrected chi connectivity index (χ0v) is 20.8. The van der Waals surface area contributed by atoms with Crippen molar-refractivity contribution >= 4 is 23.4 Å². The second kappa shape index (κ2) is 10.9. The molecule has 1 atom stereocenters. The summed E-state index contributed by atoms with van der Waals surface area (Å²) >= 11 is 5.79. The lowest BCUT2D eigenvalue weighted by Crippen LogP contribution is -2.40. The molecular weight excluding hydrogens is 513 g/mol. The van der Waals surface area contributed by atoms with Crippen molar-refractivity contribution in [3.05, 3.63) is 70.4 Å². The average molecular weight is 537 g/mol. The van der Waals surface area contributed by atoms with Crippen LogP contribution in [0.25, 0.3) is 5.82 Å². The number of amides is 2. The zero-order valence-electron chi connectivity index (χ0n) is 20.0. The fraction of sp³-hybridized carbons (Fsp3) is 0.375. The fourth-order valence-electron chi connectivity index (χ4n) is 4.07. The van der Waals surface area contributed by atoms with Gasteiger partial charge in [-0.15, -0.1) is 0 Å². The first-order valence-electron chi connectivity index (χ1n) is 11.4. The molecule has 3 heterocycles. The Morgan fingerprint density at radius 3 is 2.49 bits per heavy atom. The number of rotatable bonds is 6. The van der Waals surface area contributed by atoms with Gasteiger partial charge in [0.2, 0.25) is 0 Å². The number of nitrogens with zero attached hydrogens (tertiary/aromatic N) is 5. The highest BCUT2D eigenvalue weighted by molar-refractivity contribution is 6.31. The molecule has 37 heavy (non-hydrogen) atoms. The van der Waals surface area contributed by atoms with Gasteiger partial charge in [-0.2, -0.15) is 23.0 Å². The number of ether oxygens (including phenoxy) is 1. The summed E-state index contributed by atoms with van der Waals surface area (Å²) in [6.07, 6.45) is -0.244. The molecule has 1 aromatic carbocycles.